The monoisotopic (exact) mass is 328 g/mol. The van der Waals surface area contributed by atoms with Gasteiger partial charge in [-0.1, -0.05) is 6.42 Å². The van der Waals surface area contributed by atoms with Gasteiger partial charge in [-0.25, -0.2) is 0 Å². The van der Waals surface area contributed by atoms with Gasteiger partial charge in [0.15, 0.2) is 0 Å². The molecule has 5 heteroatoms. The van der Waals surface area contributed by atoms with Crippen molar-refractivity contribution < 1.29 is 14.3 Å². The van der Waals surface area contributed by atoms with Crippen LogP contribution in [0.4, 0.5) is 0 Å². The maximum Gasteiger partial charge on any atom is 0.253 e. The largest absolute Gasteiger partial charge is 0.493 e. The zero-order valence-corrected chi connectivity index (χ0v) is 14.0. The van der Waals surface area contributed by atoms with Gasteiger partial charge in [-0.15, -0.1) is 0 Å². The van der Waals surface area contributed by atoms with Gasteiger partial charge < -0.3 is 14.5 Å². The fourth-order valence-corrected chi connectivity index (χ4v) is 3.72. The third-order valence-corrected chi connectivity index (χ3v) is 5.49. The minimum absolute atomic E-state index is 0.0686. The number of piperazine rings is 1. The Morgan fingerprint density at radius 3 is 2.46 bits per heavy atom. The van der Waals surface area contributed by atoms with Crippen LogP contribution in [0.5, 0.6) is 5.75 Å². The lowest BCUT2D eigenvalue weighted by molar-refractivity contribution is -0.139. The van der Waals surface area contributed by atoms with Gasteiger partial charge in [0, 0.05) is 37.7 Å². The molecule has 2 heterocycles. The van der Waals surface area contributed by atoms with Gasteiger partial charge in [0.2, 0.25) is 5.91 Å². The number of hydrogen-bond acceptors (Lipinski definition) is 3. The number of benzene rings is 1. The summed E-state index contributed by atoms with van der Waals surface area (Å²) >= 11 is 0. The quantitative estimate of drug-likeness (QED) is 0.835. The van der Waals surface area contributed by atoms with Crippen LogP contribution in [0, 0.1) is 5.92 Å². The van der Waals surface area contributed by atoms with Crippen molar-refractivity contribution in [1.29, 1.82) is 0 Å². The van der Waals surface area contributed by atoms with Crippen LogP contribution >= 0.6 is 0 Å². The number of aryl methyl sites for hydroxylation is 1. The second-order valence-electron chi connectivity index (χ2n) is 7.02. The van der Waals surface area contributed by atoms with E-state index in [0.29, 0.717) is 32.1 Å². The average molecular weight is 328 g/mol. The lowest BCUT2D eigenvalue weighted by atomic mass is 9.84. The highest BCUT2D eigenvalue weighted by Gasteiger charge is 2.32. The standard InChI is InChI=1S/C19H24N2O3/c22-18(14-3-1-4-14)20-8-10-21(11-9-20)19(23)16-6-7-17-15(13-16)5-2-12-24-17/h6-7,13-14H,1-5,8-12H2. The number of nitrogens with zero attached hydrogens (tertiary/aromatic N) is 2. The molecule has 1 aromatic carbocycles. The summed E-state index contributed by atoms with van der Waals surface area (Å²) < 4.78 is 5.61. The van der Waals surface area contributed by atoms with Crippen LogP contribution in [-0.4, -0.2) is 54.4 Å². The van der Waals surface area contributed by atoms with Crippen molar-refractivity contribution in [1.82, 2.24) is 9.80 Å². The highest BCUT2D eigenvalue weighted by atomic mass is 16.5. The first-order valence-corrected chi connectivity index (χ1v) is 9.06. The number of ether oxygens (including phenoxy) is 1. The lowest BCUT2D eigenvalue weighted by Gasteiger charge is -2.38. The minimum atomic E-state index is 0.0686. The third-order valence-electron chi connectivity index (χ3n) is 5.49. The molecule has 0 aromatic heterocycles. The Morgan fingerprint density at radius 2 is 1.75 bits per heavy atom. The molecule has 4 rings (SSSR count). The zero-order chi connectivity index (χ0) is 16.5. The van der Waals surface area contributed by atoms with Gasteiger partial charge in [0.25, 0.3) is 5.91 Å². The van der Waals surface area contributed by atoms with Gasteiger partial charge in [0.05, 0.1) is 6.61 Å². The Morgan fingerprint density at radius 1 is 1.00 bits per heavy atom. The van der Waals surface area contributed by atoms with E-state index in [1.165, 1.54) is 6.42 Å². The second kappa shape index (κ2) is 6.46. The molecule has 2 aliphatic heterocycles. The molecule has 0 atom stereocenters. The van der Waals surface area contributed by atoms with Crippen LogP contribution in [0.3, 0.4) is 0 Å². The summed E-state index contributed by atoms with van der Waals surface area (Å²) in [5.41, 5.74) is 1.86. The number of amides is 2. The van der Waals surface area contributed by atoms with E-state index in [4.69, 9.17) is 4.74 Å². The average Bonchev–Trinajstić information content (AvgIpc) is 2.59. The third kappa shape index (κ3) is 2.87. The Balaban J connectivity index is 1.38. The minimum Gasteiger partial charge on any atom is -0.493 e. The summed E-state index contributed by atoms with van der Waals surface area (Å²) in [7, 11) is 0. The molecule has 0 spiro atoms. The zero-order valence-electron chi connectivity index (χ0n) is 14.0. The SMILES string of the molecule is O=C(c1ccc2c(c1)CCCO2)N1CCN(C(=O)C2CCC2)CC1. The van der Waals surface area contributed by atoms with Gasteiger partial charge >= 0.3 is 0 Å². The molecular weight excluding hydrogens is 304 g/mol. The van der Waals surface area contributed by atoms with E-state index in [1.807, 2.05) is 28.0 Å². The van der Waals surface area contributed by atoms with E-state index in [0.717, 1.165) is 49.2 Å². The molecule has 0 bridgehead atoms. The van der Waals surface area contributed by atoms with Crippen LogP contribution in [0.15, 0.2) is 18.2 Å². The van der Waals surface area contributed by atoms with Crippen LogP contribution in [0.25, 0.3) is 0 Å². The predicted octanol–water partition coefficient (Wildman–Crippen LogP) is 2.10. The lowest BCUT2D eigenvalue weighted by Crippen LogP contribution is -2.52. The Labute approximate surface area is 142 Å². The fourth-order valence-electron chi connectivity index (χ4n) is 3.72. The number of carbonyl (C=O) groups excluding carboxylic acids is 2. The summed E-state index contributed by atoms with van der Waals surface area (Å²) in [6.07, 6.45) is 5.23. The van der Waals surface area contributed by atoms with Crippen molar-refractivity contribution >= 4 is 11.8 Å². The first-order valence-electron chi connectivity index (χ1n) is 9.06. The van der Waals surface area contributed by atoms with Crippen LogP contribution in [0.2, 0.25) is 0 Å². The first kappa shape index (κ1) is 15.5. The molecule has 0 unspecified atom stereocenters. The van der Waals surface area contributed by atoms with Gasteiger partial charge in [0.1, 0.15) is 5.75 Å². The highest BCUT2D eigenvalue weighted by Crippen LogP contribution is 2.29. The summed E-state index contributed by atoms with van der Waals surface area (Å²) in [4.78, 5) is 28.9. The number of fused-ring (bicyclic) bond motifs is 1. The van der Waals surface area contributed by atoms with E-state index < -0.39 is 0 Å². The van der Waals surface area contributed by atoms with Crippen molar-refractivity contribution in [3.05, 3.63) is 29.3 Å². The molecule has 128 valence electrons. The summed E-state index contributed by atoms with van der Waals surface area (Å²) in [6.45, 7) is 3.34. The fraction of sp³-hybridized carbons (Fsp3) is 0.579. The summed E-state index contributed by atoms with van der Waals surface area (Å²) in [6, 6.07) is 5.75. The molecule has 1 aromatic rings. The molecule has 1 aliphatic carbocycles. The summed E-state index contributed by atoms with van der Waals surface area (Å²) in [5, 5.41) is 0. The molecule has 2 fully saturated rings. The van der Waals surface area contributed by atoms with Gasteiger partial charge in [-0.2, -0.15) is 0 Å². The Kier molecular flexibility index (Phi) is 4.17. The molecule has 1 saturated carbocycles. The molecule has 1 saturated heterocycles. The van der Waals surface area contributed by atoms with E-state index in [1.54, 1.807) is 0 Å². The molecule has 2 amide bonds. The van der Waals surface area contributed by atoms with E-state index >= 15 is 0 Å². The van der Waals surface area contributed by atoms with Crippen molar-refractivity contribution in [2.24, 2.45) is 5.92 Å². The number of hydrogen-bond donors (Lipinski definition) is 0. The van der Waals surface area contributed by atoms with Crippen LogP contribution in [-0.2, 0) is 11.2 Å². The first-order chi connectivity index (χ1) is 11.7. The van der Waals surface area contributed by atoms with E-state index in [-0.39, 0.29) is 11.8 Å². The van der Waals surface area contributed by atoms with Crippen molar-refractivity contribution in [3.8, 4) is 5.75 Å². The van der Waals surface area contributed by atoms with Crippen LogP contribution in [0.1, 0.15) is 41.6 Å². The maximum absolute atomic E-state index is 12.7. The highest BCUT2D eigenvalue weighted by molar-refractivity contribution is 5.95. The maximum atomic E-state index is 12.7. The van der Waals surface area contributed by atoms with Gasteiger partial charge in [-0.3, -0.25) is 9.59 Å². The Bertz CT molecular complexity index is 646. The molecule has 5 nitrogen and oxygen atoms in total. The van der Waals surface area contributed by atoms with Crippen molar-refractivity contribution in [3.63, 3.8) is 0 Å². The van der Waals surface area contributed by atoms with Gasteiger partial charge in [-0.05, 0) is 49.4 Å². The second-order valence-corrected chi connectivity index (χ2v) is 7.02. The van der Waals surface area contributed by atoms with E-state index in [2.05, 4.69) is 0 Å². The number of rotatable bonds is 2. The van der Waals surface area contributed by atoms with Crippen molar-refractivity contribution in [2.45, 2.75) is 32.1 Å². The van der Waals surface area contributed by atoms with Crippen molar-refractivity contribution in [2.75, 3.05) is 32.8 Å². The molecule has 0 radical (unpaired) electrons. The Hall–Kier alpha value is -2.04. The van der Waals surface area contributed by atoms with E-state index in [9.17, 15) is 9.59 Å². The normalized spacial score (nSPS) is 20.8. The smallest absolute Gasteiger partial charge is 0.253 e. The summed E-state index contributed by atoms with van der Waals surface area (Å²) in [5.74, 6) is 1.51. The molecule has 3 aliphatic rings. The number of carbonyl (C=O) groups is 2. The topological polar surface area (TPSA) is 49.9 Å². The molecule has 24 heavy (non-hydrogen) atoms. The van der Waals surface area contributed by atoms with Crippen LogP contribution < -0.4 is 4.74 Å². The molecule has 0 N–H and O–H groups in total. The molecular formula is C19H24N2O3. The predicted molar refractivity (Wildman–Crippen MR) is 90.1 cm³/mol.